The van der Waals surface area contributed by atoms with Gasteiger partial charge in [-0.15, -0.1) is 24.0 Å². The topological polar surface area (TPSA) is 95.1 Å². The van der Waals surface area contributed by atoms with Crippen molar-refractivity contribution < 1.29 is 17.5 Å². The lowest BCUT2D eigenvalue weighted by Gasteiger charge is -2.34. The summed E-state index contributed by atoms with van der Waals surface area (Å²) in [5, 5.41) is 6.32. The number of rotatable bonds is 10. The molecule has 30 heavy (non-hydrogen) atoms. The Morgan fingerprint density at radius 1 is 1.17 bits per heavy atom. The number of benzene rings is 1. The second-order valence-corrected chi connectivity index (χ2v) is 8.76. The second kappa shape index (κ2) is 14.1. The van der Waals surface area contributed by atoms with Crippen LogP contribution in [0.4, 0.5) is 4.39 Å². The van der Waals surface area contributed by atoms with E-state index < -0.39 is 10.0 Å². The zero-order chi connectivity index (χ0) is 21.1. The smallest absolute Gasteiger partial charge is 0.211 e. The van der Waals surface area contributed by atoms with E-state index in [1.54, 1.807) is 19.1 Å². The molecular formula is C19H33FIN5O3S. The number of hydrogen-bond acceptors (Lipinski definition) is 5. The van der Waals surface area contributed by atoms with Crippen LogP contribution in [-0.4, -0.2) is 77.5 Å². The van der Waals surface area contributed by atoms with E-state index in [9.17, 15) is 12.8 Å². The van der Waals surface area contributed by atoms with Gasteiger partial charge in [0.1, 0.15) is 5.82 Å². The summed E-state index contributed by atoms with van der Waals surface area (Å²) in [6.07, 6.45) is 0. The standard InChI is InChI=1S/C19H32FN5O3S.HI/c1-3-21-19(22-9-10-24-29(26,27)4-2)23-15-18(25-11-13-28-14-12-25)16-5-7-17(20)8-6-16;/h5-8,18,24H,3-4,9-15H2,1-2H3,(H2,21,22,23);1H. The number of halogens is 2. The summed E-state index contributed by atoms with van der Waals surface area (Å²) in [6, 6.07) is 6.54. The van der Waals surface area contributed by atoms with E-state index in [2.05, 4.69) is 25.2 Å². The minimum absolute atomic E-state index is 0. The molecule has 1 saturated heterocycles. The van der Waals surface area contributed by atoms with E-state index in [1.165, 1.54) is 12.1 Å². The molecular weight excluding hydrogens is 524 g/mol. The number of ether oxygens (including phenoxy) is 1. The average molecular weight is 557 g/mol. The van der Waals surface area contributed by atoms with Crippen LogP contribution in [0.15, 0.2) is 29.3 Å². The third-order valence-corrected chi connectivity index (χ3v) is 6.03. The molecule has 1 unspecified atom stereocenters. The van der Waals surface area contributed by atoms with Gasteiger partial charge in [0.15, 0.2) is 5.96 Å². The summed E-state index contributed by atoms with van der Waals surface area (Å²) in [6.45, 7) is 8.36. The Morgan fingerprint density at radius 2 is 1.83 bits per heavy atom. The second-order valence-electron chi connectivity index (χ2n) is 6.66. The summed E-state index contributed by atoms with van der Waals surface area (Å²) in [4.78, 5) is 6.97. The van der Waals surface area contributed by atoms with Crippen molar-refractivity contribution in [1.82, 2.24) is 20.3 Å². The predicted octanol–water partition coefficient (Wildman–Crippen LogP) is 1.31. The van der Waals surface area contributed by atoms with Crippen LogP contribution < -0.4 is 15.4 Å². The molecule has 0 radical (unpaired) electrons. The van der Waals surface area contributed by atoms with Gasteiger partial charge in [-0.05, 0) is 31.5 Å². The maximum Gasteiger partial charge on any atom is 0.211 e. The monoisotopic (exact) mass is 557 g/mol. The Labute approximate surface area is 196 Å². The first kappa shape index (κ1) is 27.0. The molecule has 1 aliphatic rings. The zero-order valence-corrected chi connectivity index (χ0v) is 20.7. The Kier molecular flexibility index (Phi) is 12.7. The number of hydrogen-bond donors (Lipinski definition) is 3. The van der Waals surface area contributed by atoms with Crippen molar-refractivity contribution in [2.45, 2.75) is 19.9 Å². The van der Waals surface area contributed by atoms with Gasteiger partial charge in [-0.2, -0.15) is 0 Å². The van der Waals surface area contributed by atoms with Crippen molar-refractivity contribution in [1.29, 1.82) is 0 Å². The van der Waals surface area contributed by atoms with Gasteiger partial charge >= 0.3 is 0 Å². The molecule has 0 bridgehead atoms. The van der Waals surface area contributed by atoms with E-state index in [-0.39, 0.29) is 48.1 Å². The fraction of sp³-hybridized carbons (Fsp3) is 0.632. The molecule has 0 spiro atoms. The molecule has 1 aromatic rings. The lowest BCUT2D eigenvalue weighted by atomic mass is 10.0. The number of morpholine rings is 1. The molecule has 0 aromatic heterocycles. The highest BCUT2D eigenvalue weighted by Gasteiger charge is 2.22. The van der Waals surface area contributed by atoms with Gasteiger partial charge in [-0.3, -0.25) is 9.89 Å². The highest BCUT2D eigenvalue weighted by molar-refractivity contribution is 14.0. The predicted molar refractivity (Wildman–Crippen MR) is 128 cm³/mol. The maximum absolute atomic E-state index is 13.4. The van der Waals surface area contributed by atoms with Crippen molar-refractivity contribution in [2.24, 2.45) is 4.99 Å². The molecule has 8 nitrogen and oxygen atoms in total. The summed E-state index contributed by atoms with van der Waals surface area (Å²) >= 11 is 0. The summed E-state index contributed by atoms with van der Waals surface area (Å²) in [5.41, 5.74) is 1.00. The van der Waals surface area contributed by atoms with Gasteiger partial charge in [0, 0.05) is 32.7 Å². The first-order valence-corrected chi connectivity index (χ1v) is 11.7. The lowest BCUT2D eigenvalue weighted by molar-refractivity contribution is 0.0179. The first-order valence-electron chi connectivity index (χ1n) is 10.0. The average Bonchev–Trinajstić information content (AvgIpc) is 2.73. The Hall–Kier alpha value is -1.02. The molecule has 0 amide bonds. The van der Waals surface area contributed by atoms with Crippen LogP contribution in [0.1, 0.15) is 25.5 Å². The lowest BCUT2D eigenvalue weighted by Crippen LogP contribution is -2.43. The number of nitrogens with zero attached hydrogens (tertiary/aromatic N) is 2. The summed E-state index contributed by atoms with van der Waals surface area (Å²) in [7, 11) is -3.21. The molecule has 0 saturated carbocycles. The summed E-state index contributed by atoms with van der Waals surface area (Å²) < 4.78 is 44.4. The molecule has 1 aliphatic heterocycles. The van der Waals surface area contributed by atoms with E-state index in [1.807, 2.05) is 6.92 Å². The molecule has 1 heterocycles. The minimum Gasteiger partial charge on any atom is -0.379 e. The van der Waals surface area contributed by atoms with Gasteiger partial charge in [-0.1, -0.05) is 12.1 Å². The van der Waals surface area contributed by atoms with Crippen LogP contribution in [0.5, 0.6) is 0 Å². The SMILES string of the molecule is CCNC(=NCC(c1ccc(F)cc1)N1CCOCC1)NCCNS(=O)(=O)CC.I. The molecule has 1 aromatic carbocycles. The molecule has 3 N–H and O–H groups in total. The molecule has 172 valence electrons. The van der Waals surface area contributed by atoms with Gasteiger partial charge < -0.3 is 15.4 Å². The highest BCUT2D eigenvalue weighted by Crippen LogP contribution is 2.22. The number of sulfonamides is 1. The maximum atomic E-state index is 13.4. The third kappa shape index (κ3) is 9.41. The van der Waals surface area contributed by atoms with Crippen molar-refractivity contribution >= 4 is 40.0 Å². The van der Waals surface area contributed by atoms with Crippen LogP contribution >= 0.6 is 24.0 Å². The minimum atomic E-state index is -3.21. The fourth-order valence-corrected chi connectivity index (χ4v) is 3.63. The molecule has 11 heteroatoms. The van der Waals surface area contributed by atoms with Gasteiger partial charge in [0.2, 0.25) is 10.0 Å². The van der Waals surface area contributed by atoms with Crippen LogP contribution in [0.25, 0.3) is 0 Å². The molecule has 2 rings (SSSR count). The Bertz CT molecular complexity index is 743. The van der Waals surface area contributed by atoms with Crippen molar-refractivity contribution in [3.8, 4) is 0 Å². The van der Waals surface area contributed by atoms with Crippen molar-refractivity contribution in [3.05, 3.63) is 35.6 Å². The number of aliphatic imine (C=N–C) groups is 1. The Morgan fingerprint density at radius 3 is 2.43 bits per heavy atom. The fourth-order valence-electron chi connectivity index (χ4n) is 3.01. The Balaban J connectivity index is 0.00000450. The van der Waals surface area contributed by atoms with Crippen molar-refractivity contribution in [3.63, 3.8) is 0 Å². The van der Waals surface area contributed by atoms with Gasteiger partial charge in [0.25, 0.3) is 0 Å². The molecule has 0 aliphatic carbocycles. The largest absolute Gasteiger partial charge is 0.379 e. The van der Waals surface area contributed by atoms with Gasteiger partial charge in [0.05, 0.1) is 31.6 Å². The van der Waals surface area contributed by atoms with Crippen LogP contribution in [0, 0.1) is 5.82 Å². The van der Waals surface area contributed by atoms with E-state index in [4.69, 9.17) is 4.74 Å². The summed E-state index contributed by atoms with van der Waals surface area (Å²) in [5.74, 6) is 0.408. The highest BCUT2D eigenvalue weighted by atomic mass is 127. The van der Waals surface area contributed by atoms with E-state index >= 15 is 0 Å². The quantitative estimate of drug-likeness (QED) is 0.174. The van der Waals surface area contributed by atoms with E-state index in [0.29, 0.717) is 38.8 Å². The third-order valence-electron chi connectivity index (χ3n) is 4.63. The van der Waals surface area contributed by atoms with Crippen LogP contribution in [0.3, 0.4) is 0 Å². The van der Waals surface area contributed by atoms with Crippen LogP contribution in [0.2, 0.25) is 0 Å². The van der Waals surface area contributed by atoms with Crippen LogP contribution in [-0.2, 0) is 14.8 Å². The molecule has 1 fully saturated rings. The number of nitrogens with one attached hydrogen (secondary N) is 3. The first-order chi connectivity index (χ1) is 13.9. The molecule has 1 atom stereocenters. The number of guanidine groups is 1. The van der Waals surface area contributed by atoms with Gasteiger partial charge in [-0.25, -0.2) is 17.5 Å². The van der Waals surface area contributed by atoms with E-state index in [0.717, 1.165) is 18.7 Å². The van der Waals surface area contributed by atoms with Crippen molar-refractivity contribution in [2.75, 3.05) is 58.2 Å². The zero-order valence-electron chi connectivity index (χ0n) is 17.6. The normalized spacial score (nSPS) is 16.6.